The third kappa shape index (κ3) is 4.54. The molecule has 1 saturated heterocycles. The van der Waals surface area contributed by atoms with E-state index < -0.39 is 17.6 Å². The summed E-state index contributed by atoms with van der Waals surface area (Å²) in [7, 11) is 0. The highest BCUT2D eigenvalue weighted by molar-refractivity contribution is 5.79. The molecule has 0 unspecified atom stereocenters. The maximum atomic E-state index is 13.0. The van der Waals surface area contributed by atoms with E-state index in [0.717, 1.165) is 6.07 Å². The number of halogens is 3. The Morgan fingerprint density at radius 3 is 2.65 bits per heavy atom. The molecule has 8 nitrogen and oxygen atoms in total. The number of carbonyl (C=O) groups is 1. The van der Waals surface area contributed by atoms with E-state index in [-0.39, 0.29) is 30.1 Å². The molecule has 0 aliphatic carbocycles. The van der Waals surface area contributed by atoms with Crippen LogP contribution in [0.5, 0.6) is 0 Å². The van der Waals surface area contributed by atoms with Crippen molar-refractivity contribution in [3.8, 4) is 0 Å². The number of carbonyl (C=O) groups excluding carboxylic acids is 1. The van der Waals surface area contributed by atoms with E-state index in [1.807, 2.05) is 0 Å². The van der Waals surface area contributed by atoms with E-state index >= 15 is 0 Å². The number of aromatic nitrogens is 3. The summed E-state index contributed by atoms with van der Waals surface area (Å²) >= 11 is 0. The number of alkyl halides is 3. The van der Waals surface area contributed by atoms with Crippen LogP contribution in [0, 0.1) is 6.92 Å². The number of amides is 1. The van der Waals surface area contributed by atoms with Gasteiger partial charge in [0.25, 0.3) is 0 Å². The van der Waals surface area contributed by atoms with Crippen LogP contribution in [-0.4, -0.2) is 39.6 Å². The Hall–Kier alpha value is -3.37. The Morgan fingerprint density at radius 1 is 1.23 bits per heavy atom. The smallest absolute Gasteiger partial charge is 0.408 e. The summed E-state index contributed by atoms with van der Waals surface area (Å²) in [6.45, 7) is 2.13. The van der Waals surface area contributed by atoms with Crippen molar-refractivity contribution in [1.82, 2.24) is 19.9 Å². The highest BCUT2D eigenvalue weighted by Gasteiger charge is 2.34. The van der Waals surface area contributed by atoms with Gasteiger partial charge in [0.15, 0.2) is 5.58 Å². The molecule has 0 bridgehead atoms. The summed E-state index contributed by atoms with van der Waals surface area (Å²) in [6, 6.07) is 7.64. The molecule has 1 fully saturated rings. The number of para-hydroxylation sites is 2. The van der Waals surface area contributed by atoms with E-state index in [9.17, 15) is 22.8 Å². The summed E-state index contributed by atoms with van der Waals surface area (Å²) in [5.41, 5.74) is -0.0211. The average Bonchev–Trinajstić information content (AvgIpc) is 3.02. The van der Waals surface area contributed by atoms with Crippen LogP contribution in [0.3, 0.4) is 0 Å². The van der Waals surface area contributed by atoms with Crippen LogP contribution in [-0.2, 0) is 17.5 Å². The van der Waals surface area contributed by atoms with Crippen molar-refractivity contribution >= 4 is 22.8 Å². The first-order valence-corrected chi connectivity index (χ1v) is 9.76. The summed E-state index contributed by atoms with van der Waals surface area (Å²) in [5.74, 6) is -0.658. The molecule has 1 aromatic carbocycles. The van der Waals surface area contributed by atoms with Gasteiger partial charge in [-0.15, -0.1) is 0 Å². The van der Waals surface area contributed by atoms with E-state index in [1.54, 1.807) is 29.2 Å². The molecule has 1 aliphatic heterocycles. The number of hydrogen-bond donors (Lipinski definition) is 1. The summed E-state index contributed by atoms with van der Waals surface area (Å²) in [4.78, 5) is 33.8. The molecule has 3 aromatic rings. The van der Waals surface area contributed by atoms with Crippen LogP contribution in [0.1, 0.15) is 24.4 Å². The molecule has 1 N–H and O–H groups in total. The first kappa shape index (κ1) is 20.9. The first-order valence-electron chi connectivity index (χ1n) is 9.76. The van der Waals surface area contributed by atoms with E-state index in [0.29, 0.717) is 37.0 Å². The molecule has 0 saturated carbocycles. The summed E-state index contributed by atoms with van der Waals surface area (Å²) in [5, 5.41) is 2.89. The molecule has 1 aliphatic rings. The lowest BCUT2D eigenvalue weighted by Crippen LogP contribution is -2.46. The SMILES string of the molecule is Cc1nc(N2CCC(NC(=O)Cn3c(=O)oc4ccccc43)CC2)cc(C(F)(F)F)n1. The highest BCUT2D eigenvalue weighted by Crippen LogP contribution is 2.30. The first-order chi connectivity index (χ1) is 14.7. The lowest BCUT2D eigenvalue weighted by Gasteiger charge is -2.33. The number of piperidine rings is 1. The van der Waals surface area contributed by atoms with Crippen molar-refractivity contribution in [1.29, 1.82) is 0 Å². The number of benzene rings is 1. The largest absolute Gasteiger partial charge is 0.433 e. The van der Waals surface area contributed by atoms with Crippen LogP contribution in [0.2, 0.25) is 0 Å². The zero-order chi connectivity index (χ0) is 22.2. The lowest BCUT2D eigenvalue weighted by atomic mass is 10.0. The van der Waals surface area contributed by atoms with Crippen molar-refractivity contribution in [3.63, 3.8) is 0 Å². The molecule has 11 heteroatoms. The van der Waals surface area contributed by atoms with Crippen molar-refractivity contribution in [3.05, 3.63) is 52.4 Å². The zero-order valence-corrected chi connectivity index (χ0v) is 16.6. The quantitative estimate of drug-likeness (QED) is 0.677. The number of anilines is 1. The number of hydrogen-bond acceptors (Lipinski definition) is 6. The Kier molecular flexibility index (Phi) is 5.42. The Bertz CT molecular complexity index is 1160. The third-order valence-electron chi connectivity index (χ3n) is 5.17. The number of nitrogens with zero attached hydrogens (tertiary/aromatic N) is 4. The van der Waals surface area contributed by atoms with Crippen LogP contribution in [0.4, 0.5) is 19.0 Å². The maximum Gasteiger partial charge on any atom is 0.433 e. The third-order valence-corrected chi connectivity index (χ3v) is 5.17. The van der Waals surface area contributed by atoms with Crippen LogP contribution < -0.4 is 16.0 Å². The minimum absolute atomic E-state index is 0.0537. The van der Waals surface area contributed by atoms with E-state index in [2.05, 4.69) is 15.3 Å². The topological polar surface area (TPSA) is 93.3 Å². The lowest BCUT2D eigenvalue weighted by molar-refractivity contribution is -0.141. The second-order valence-electron chi connectivity index (χ2n) is 7.41. The van der Waals surface area contributed by atoms with Gasteiger partial charge >= 0.3 is 11.9 Å². The fourth-order valence-electron chi connectivity index (χ4n) is 3.69. The van der Waals surface area contributed by atoms with Crippen molar-refractivity contribution in [2.45, 2.75) is 38.5 Å². The average molecular weight is 435 g/mol. The molecule has 4 rings (SSSR count). The zero-order valence-electron chi connectivity index (χ0n) is 16.6. The standard InChI is InChI=1S/C20H20F3N5O3/c1-12-24-16(20(21,22)23)10-17(25-12)27-8-6-13(7-9-27)26-18(29)11-28-14-4-2-3-5-15(14)31-19(28)30/h2-5,10,13H,6-9,11H2,1H3,(H,26,29). The second kappa shape index (κ2) is 8.05. The molecule has 0 spiro atoms. The maximum absolute atomic E-state index is 13.0. The van der Waals surface area contributed by atoms with E-state index in [4.69, 9.17) is 4.42 Å². The Balaban J connectivity index is 1.37. The van der Waals surface area contributed by atoms with E-state index in [1.165, 1.54) is 11.5 Å². The fraction of sp³-hybridized carbons (Fsp3) is 0.400. The number of fused-ring (bicyclic) bond motifs is 1. The molecule has 2 aromatic heterocycles. The molecule has 1 amide bonds. The van der Waals surface area contributed by atoms with Gasteiger partial charge in [-0.05, 0) is 31.9 Å². The van der Waals surface area contributed by atoms with Gasteiger partial charge in [0, 0.05) is 25.2 Å². The van der Waals surface area contributed by atoms with Gasteiger partial charge in [-0.3, -0.25) is 9.36 Å². The van der Waals surface area contributed by atoms with Gasteiger partial charge in [-0.2, -0.15) is 13.2 Å². The summed E-state index contributed by atoms with van der Waals surface area (Å²) in [6.07, 6.45) is -3.46. The van der Waals surface area contributed by atoms with Gasteiger partial charge in [0.05, 0.1) is 5.52 Å². The molecule has 3 heterocycles. The number of rotatable bonds is 4. The monoisotopic (exact) mass is 435 g/mol. The van der Waals surface area contributed by atoms with Gasteiger partial charge in [-0.1, -0.05) is 12.1 Å². The van der Waals surface area contributed by atoms with Crippen LogP contribution in [0.15, 0.2) is 39.5 Å². The molecule has 0 radical (unpaired) electrons. The minimum Gasteiger partial charge on any atom is -0.408 e. The number of aryl methyl sites for hydroxylation is 1. The predicted molar refractivity (Wildman–Crippen MR) is 106 cm³/mol. The second-order valence-corrected chi connectivity index (χ2v) is 7.41. The van der Waals surface area contributed by atoms with Gasteiger partial charge in [-0.25, -0.2) is 14.8 Å². The molecule has 0 atom stereocenters. The fourth-order valence-corrected chi connectivity index (χ4v) is 3.69. The highest BCUT2D eigenvalue weighted by atomic mass is 19.4. The molecular formula is C20H20F3N5O3. The number of oxazole rings is 1. The molecular weight excluding hydrogens is 415 g/mol. The Labute approximate surface area is 174 Å². The molecule has 31 heavy (non-hydrogen) atoms. The summed E-state index contributed by atoms with van der Waals surface area (Å²) < 4.78 is 45.4. The molecule has 164 valence electrons. The van der Waals surface area contributed by atoms with Gasteiger partial charge in [0.2, 0.25) is 5.91 Å². The predicted octanol–water partition coefficient (Wildman–Crippen LogP) is 2.50. The van der Waals surface area contributed by atoms with Gasteiger partial charge < -0.3 is 14.6 Å². The van der Waals surface area contributed by atoms with Crippen molar-refractivity contribution in [2.24, 2.45) is 0 Å². The van der Waals surface area contributed by atoms with Crippen LogP contribution in [0.25, 0.3) is 11.1 Å². The van der Waals surface area contributed by atoms with Crippen molar-refractivity contribution in [2.75, 3.05) is 18.0 Å². The minimum atomic E-state index is -4.54. The van der Waals surface area contributed by atoms with Crippen molar-refractivity contribution < 1.29 is 22.4 Å². The normalized spacial score (nSPS) is 15.4. The van der Waals surface area contributed by atoms with Gasteiger partial charge in [0.1, 0.15) is 23.9 Å². The van der Waals surface area contributed by atoms with Crippen LogP contribution >= 0.6 is 0 Å². The Morgan fingerprint density at radius 2 is 1.94 bits per heavy atom. The number of nitrogens with one attached hydrogen (secondary N) is 1.